The van der Waals surface area contributed by atoms with Gasteiger partial charge in [-0.05, 0) is 37.1 Å². The molecule has 3 aromatic rings. The fraction of sp³-hybridized carbons (Fsp3) is 0.286. The molecule has 0 saturated carbocycles. The van der Waals surface area contributed by atoms with Crippen molar-refractivity contribution in [3.63, 3.8) is 0 Å². The van der Waals surface area contributed by atoms with Crippen LogP contribution in [0.4, 0.5) is 5.69 Å². The van der Waals surface area contributed by atoms with Crippen LogP contribution in [0.15, 0.2) is 28.7 Å². The van der Waals surface area contributed by atoms with Crippen LogP contribution < -0.4 is 5.73 Å². The highest BCUT2D eigenvalue weighted by atomic mass is 16.4. The van der Waals surface area contributed by atoms with Crippen LogP contribution in [0.5, 0.6) is 0 Å². The maximum Gasteiger partial charge on any atom is 0.324 e. The first kappa shape index (κ1) is 11.8. The van der Waals surface area contributed by atoms with Gasteiger partial charge >= 0.3 is 6.01 Å². The molecule has 5 nitrogen and oxygen atoms in total. The second-order valence-electron chi connectivity index (χ2n) is 4.47. The van der Waals surface area contributed by atoms with Crippen molar-refractivity contribution in [2.75, 3.05) is 5.73 Å². The number of rotatable bonds is 3. The van der Waals surface area contributed by atoms with Crippen LogP contribution >= 0.6 is 0 Å². The van der Waals surface area contributed by atoms with E-state index in [1.54, 1.807) is 16.8 Å². The highest BCUT2D eigenvalue weighted by Gasteiger charge is 2.13. The molecule has 0 atom stereocenters. The Labute approximate surface area is 111 Å². The van der Waals surface area contributed by atoms with Crippen molar-refractivity contribution in [1.82, 2.24) is 14.8 Å². The molecular formula is C14H16N4O. The van der Waals surface area contributed by atoms with Gasteiger partial charge in [0.25, 0.3) is 0 Å². The Kier molecular flexibility index (Phi) is 2.74. The lowest BCUT2D eigenvalue weighted by Gasteiger charge is -1.98. The van der Waals surface area contributed by atoms with Gasteiger partial charge < -0.3 is 10.2 Å². The molecule has 0 saturated heterocycles. The topological polar surface area (TPSA) is 69.9 Å². The lowest BCUT2D eigenvalue weighted by atomic mass is 10.3. The quantitative estimate of drug-likeness (QED) is 0.731. The van der Waals surface area contributed by atoms with E-state index in [-0.39, 0.29) is 0 Å². The molecule has 1 aromatic carbocycles. The minimum Gasteiger partial charge on any atom is -0.422 e. The van der Waals surface area contributed by atoms with E-state index in [4.69, 9.17) is 10.2 Å². The standard InChI is InChI=1S/C14H16N4O/c1-3-10-8-11(4-2)18(17-10)14-16-12-7-9(15)5-6-13(12)19-14/h5-8H,3-4,15H2,1-2H3. The normalized spacial score (nSPS) is 11.3. The van der Waals surface area contributed by atoms with Gasteiger partial charge in [-0.1, -0.05) is 13.8 Å². The molecule has 3 rings (SSSR count). The number of oxazole rings is 1. The predicted molar refractivity (Wildman–Crippen MR) is 74.3 cm³/mol. The molecule has 0 amide bonds. The number of anilines is 1. The van der Waals surface area contributed by atoms with E-state index in [1.165, 1.54) is 0 Å². The maximum atomic E-state index is 5.75. The van der Waals surface area contributed by atoms with Gasteiger partial charge in [0, 0.05) is 11.4 Å². The largest absolute Gasteiger partial charge is 0.422 e. The molecular weight excluding hydrogens is 240 g/mol. The number of nitrogens with zero attached hydrogens (tertiary/aromatic N) is 3. The van der Waals surface area contributed by atoms with Crippen molar-refractivity contribution >= 4 is 16.8 Å². The van der Waals surface area contributed by atoms with Crippen molar-refractivity contribution in [2.45, 2.75) is 26.7 Å². The highest BCUT2D eigenvalue weighted by Crippen LogP contribution is 2.21. The van der Waals surface area contributed by atoms with E-state index in [0.717, 1.165) is 35.3 Å². The third kappa shape index (κ3) is 1.97. The summed E-state index contributed by atoms with van der Waals surface area (Å²) >= 11 is 0. The third-order valence-electron chi connectivity index (χ3n) is 3.14. The summed E-state index contributed by atoms with van der Waals surface area (Å²) in [6.45, 7) is 4.17. The van der Waals surface area contributed by atoms with Crippen LogP contribution in [-0.2, 0) is 12.8 Å². The fourth-order valence-electron chi connectivity index (χ4n) is 2.09. The van der Waals surface area contributed by atoms with Gasteiger partial charge in [-0.15, -0.1) is 0 Å². The Balaban J connectivity index is 2.15. The van der Waals surface area contributed by atoms with Crippen molar-refractivity contribution in [3.05, 3.63) is 35.7 Å². The molecule has 2 heterocycles. The number of aromatic nitrogens is 3. The zero-order chi connectivity index (χ0) is 13.4. The molecule has 0 aliphatic rings. The van der Waals surface area contributed by atoms with Gasteiger partial charge in [0.1, 0.15) is 5.52 Å². The molecule has 0 radical (unpaired) electrons. The van der Waals surface area contributed by atoms with Crippen molar-refractivity contribution < 1.29 is 4.42 Å². The summed E-state index contributed by atoms with van der Waals surface area (Å²) in [6, 6.07) is 8.02. The number of hydrogen-bond donors (Lipinski definition) is 1. The van der Waals surface area contributed by atoms with Crippen LogP contribution in [0.2, 0.25) is 0 Å². The second kappa shape index (κ2) is 4.42. The Hall–Kier alpha value is -2.30. The maximum absolute atomic E-state index is 5.75. The lowest BCUT2D eigenvalue weighted by Crippen LogP contribution is -2.01. The van der Waals surface area contributed by atoms with Gasteiger partial charge in [-0.3, -0.25) is 0 Å². The summed E-state index contributed by atoms with van der Waals surface area (Å²) in [5.74, 6) is 0. The van der Waals surface area contributed by atoms with Crippen LogP contribution in [0.1, 0.15) is 25.2 Å². The molecule has 0 bridgehead atoms. The molecule has 0 aliphatic heterocycles. The first-order valence-electron chi connectivity index (χ1n) is 6.45. The van der Waals surface area contributed by atoms with Gasteiger partial charge in [-0.2, -0.15) is 14.8 Å². The smallest absolute Gasteiger partial charge is 0.324 e. The Morgan fingerprint density at radius 3 is 2.79 bits per heavy atom. The summed E-state index contributed by atoms with van der Waals surface area (Å²) in [5, 5.41) is 4.52. The molecule has 5 heteroatoms. The summed E-state index contributed by atoms with van der Waals surface area (Å²) < 4.78 is 7.52. The number of benzene rings is 1. The molecule has 0 spiro atoms. The lowest BCUT2D eigenvalue weighted by molar-refractivity contribution is 0.533. The van der Waals surface area contributed by atoms with Crippen molar-refractivity contribution in [3.8, 4) is 6.01 Å². The SMILES string of the molecule is CCc1cc(CC)n(-c2nc3cc(N)ccc3o2)n1. The zero-order valence-electron chi connectivity index (χ0n) is 11.1. The average Bonchev–Trinajstić information content (AvgIpc) is 3.00. The number of nitrogens with two attached hydrogens (primary N) is 1. The highest BCUT2D eigenvalue weighted by molar-refractivity contribution is 5.77. The Bertz CT molecular complexity index is 726. The van der Waals surface area contributed by atoms with Gasteiger partial charge in [0.2, 0.25) is 0 Å². The first-order chi connectivity index (χ1) is 9.21. The van der Waals surface area contributed by atoms with Crippen molar-refractivity contribution in [1.29, 1.82) is 0 Å². The van der Waals surface area contributed by atoms with E-state index >= 15 is 0 Å². The summed E-state index contributed by atoms with van der Waals surface area (Å²) in [7, 11) is 0. The minimum absolute atomic E-state index is 0.497. The van der Waals surface area contributed by atoms with E-state index in [9.17, 15) is 0 Å². The van der Waals surface area contributed by atoms with E-state index in [2.05, 4.69) is 30.0 Å². The first-order valence-corrected chi connectivity index (χ1v) is 6.45. The molecule has 2 N–H and O–H groups in total. The zero-order valence-corrected chi connectivity index (χ0v) is 11.1. The van der Waals surface area contributed by atoms with Gasteiger partial charge in [0.15, 0.2) is 5.58 Å². The second-order valence-corrected chi connectivity index (χ2v) is 4.47. The Morgan fingerprint density at radius 2 is 2.05 bits per heavy atom. The van der Waals surface area contributed by atoms with E-state index in [0.29, 0.717) is 11.7 Å². The summed E-state index contributed by atoms with van der Waals surface area (Å²) in [6.07, 6.45) is 1.78. The number of aryl methyl sites for hydroxylation is 2. The summed E-state index contributed by atoms with van der Waals surface area (Å²) in [4.78, 5) is 4.45. The van der Waals surface area contributed by atoms with Gasteiger partial charge in [-0.25, -0.2) is 0 Å². The molecule has 0 aliphatic carbocycles. The van der Waals surface area contributed by atoms with Crippen LogP contribution in [0.25, 0.3) is 17.1 Å². The molecule has 98 valence electrons. The third-order valence-corrected chi connectivity index (χ3v) is 3.14. The number of nitrogen functional groups attached to an aromatic ring is 1. The number of hydrogen-bond acceptors (Lipinski definition) is 4. The Morgan fingerprint density at radius 1 is 1.21 bits per heavy atom. The van der Waals surface area contributed by atoms with E-state index in [1.807, 2.05) is 6.07 Å². The van der Waals surface area contributed by atoms with E-state index < -0.39 is 0 Å². The van der Waals surface area contributed by atoms with Gasteiger partial charge in [0.05, 0.1) is 5.69 Å². The summed E-state index contributed by atoms with van der Waals surface area (Å²) in [5.41, 5.74) is 10.0. The van der Waals surface area contributed by atoms with Crippen LogP contribution in [0, 0.1) is 0 Å². The minimum atomic E-state index is 0.497. The molecule has 2 aromatic heterocycles. The predicted octanol–water partition coefficient (Wildman–Crippen LogP) is 2.72. The van der Waals surface area contributed by atoms with Crippen molar-refractivity contribution in [2.24, 2.45) is 0 Å². The van der Waals surface area contributed by atoms with Crippen LogP contribution in [-0.4, -0.2) is 14.8 Å². The molecule has 19 heavy (non-hydrogen) atoms. The van der Waals surface area contributed by atoms with Crippen LogP contribution in [0.3, 0.4) is 0 Å². The fourth-order valence-corrected chi connectivity index (χ4v) is 2.09. The number of fused-ring (bicyclic) bond motifs is 1. The monoisotopic (exact) mass is 256 g/mol. The molecule has 0 fully saturated rings. The molecule has 0 unspecified atom stereocenters. The average molecular weight is 256 g/mol.